The molecule has 2 aromatic heterocycles. The number of nitrogens with one attached hydrogen (secondary N) is 3. The van der Waals surface area contributed by atoms with Gasteiger partial charge >= 0.3 is 11.8 Å². The van der Waals surface area contributed by atoms with Crippen molar-refractivity contribution in [2.45, 2.75) is 12.5 Å². The van der Waals surface area contributed by atoms with Crippen LogP contribution in [-0.4, -0.2) is 29.4 Å². The molecule has 0 aliphatic rings. The smallest absolute Gasteiger partial charge is 0.313 e. The van der Waals surface area contributed by atoms with Crippen LogP contribution in [0.15, 0.2) is 64.6 Å². The number of hydrogen-bond acceptors (Lipinski definition) is 6. The molecule has 0 saturated heterocycles. The highest BCUT2D eigenvalue weighted by Gasteiger charge is 2.36. The Morgan fingerprint density at radius 3 is 2.41 bits per heavy atom. The maximum absolute atomic E-state index is 12.3. The molecule has 3 amide bonds. The summed E-state index contributed by atoms with van der Waals surface area (Å²) in [6.07, 6.45) is 1.42. The normalized spacial score (nSPS) is 12.6. The highest BCUT2D eigenvalue weighted by Crippen LogP contribution is 2.32. The summed E-state index contributed by atoms with van der Waals surface area (Å²) in [7, 11) is 0. The van der Waals surface area contributed by atoms with Crippen molar-refractivity contribution in [2.75, 3.05) is 17.2 Å². The predicted molar refractivity (Wildman–Crippen MR) is 108 cm³/mol. The van der Waals surface area contributed by atoms with E-state index in [1.165, 1.54) is 30.6 Å². The maximum Gasteiger partial charge on any atom is 0.313 e. The first kappa shape index (κ1) is 20.3. The third kappa shape index (κ3) is 4.89. The topological polar surface area (TPSA) is 121 Å². The van der Waals surface area contributed by atoms with Gasteiger partial charge in [0.05, 0.1) is 12.8 Å². The molecule has 0 aliphatic carbocycles. The molecular weight excluding hydrogens is 394 g/mol. The van der Waals surface area contributed by atoms with Gasteiger partial charge in [-0.1, -0.05) is 12.1 Å². The van der Waals surface area contributed by atoms with E-state index in [1.807, 2.05) is 0 Å². The quantitative estimate of drug-likeness (QED) is 0.462. The highest BCUT2D eigenvalue weighted by atomic mass is 32.1. The van der Waals surface area contributed by atoms with Crippen LogP contribution in [0, 0.1) is 0 Å². The van der Waals surface area contributed by atoms with Crippen molar-refractivity contribution in [3.63, 3.8) is 0 Å². The molecule has 1 aromatic carbocycles. The molecule has 0 radical (unpaired) electrons. The van der Waals surface area contributed by atoms with E-state index in [9.17, 15) is 19.5 Å². The van der Waals surface area contributed by atoms with Crippen molar-refractivity contribution in [3.8, 4) is 0 Å². The second-order valence-electron chi connectivity index (χ2n) is 6.21. The van der Waals surface area contributed by atoms with Crippen LogP contribution in [0.4, 0.5) is 11.4 Å². The van der Waals surface area contributed by atoms with Crippen LogP contribution in [0.1, 0.15) is 17.6 Å². The van der Waals surface area contributed by atoms with Gasteiger partial charge < -0.3 is 25.5 Å². The van der Waals surface area contributed by atoms with Gasteiger partial charge in [-0.05, 0) is 41.8 Å². The minimum absolute atomic E-state index is 0.251. The Morgan fingerprint density at radius 1 is 1.03 bits per heavy atom. The van der Waals surface area contributed by atoms with E-state index in [-0.39, 0.29) is 18.2 Å². The summed E-state index contributed by atoms with van der Waals surface area (Å²) in [5.41, 5.74) is -0.768. The molecule has 3 aromatic rings. The number of benzene rings is 1. The number of rotatable bonds is 6. The van der Waals surface area contributed by atoms with Gasteiger partial charge in [0.15, 0.2) is 5.60 Å². The van der Waals surface area contributed by atoms with E-state index in [4.69, 9.17) is 4.42 Å². The summed E-state index contributed by atoms with van der Waals surface area (Å²) in [6, 6.07) is 13.1. The fourth-order valence-electron chi connectivity index (χ4n) is 2.68. The van der Waals surface area contributed by atoms with E-state index in [1.54, 1.807) is 47.8 Å². The highest BCUT2D eigenvalue weighted by molar-refractivity contribution is 7.10. The molecule has 1 unspecified atom stereocenters. The average molecular weight is 413 g/mol. The van der Waals surface area contributed by atoms with Crippen molar-refractivity contribution in [1.29, 1.82) is 0 Å². The molecule has 2 heterocycles. The lowest BCUT2D eigenvalue weighted by molar-refractivity contribution is -0.136. The van der Waals surface area contributed by atoms with E-state index in [0.29, 0.717) is 16.3 Å². The standard InChI is InChI=1S/C20H19N3O5S/c1-13(24)22-14-5-2-6-15(11-14)23-19(26)18(25)21-12-20(27,16-7-3-9-28-16)17-8-4-10-29-17/h2-11,27H,12H2,1H3,(H,21,25)(H,22,24)(H,23,26). The molecule has 0 bridgehead atoms. The Hall–Kier alpha value is -3.43. The Morgan fingerprint density at radius 2 is 1.79 bits per heavy atom. The van der Waals surface area contributed by atoms with Crippen molar-refractivity contribution in [2.24, 2.45) is 0 Å². The molecule has 150 valence electrons. The van der Waals surface area contributed by atoms with Gasteiger partial charge in [0.2, 0.25) is 5.91 Å². The van der Waals surface area contributed by atoms with E-state index in [0.717, 1.165) is 0 Å². The number of amides is 3. The first-order valence-electron chi connectivity index (χ1n) is 8.65. The molecule has 9 heteroatoms. The fraction of sp³-hybridized carbons (Fsp3) is 0.150. The van der Waals surface area contributed by atoms with E-state index >= 15 is 0 Å². The minimum Gasteiger partial charge on any atom is -0.466 e. The molecule has 0 fully saturated rings. The summed E-state index contributed by atoms with van der Waals surface area (Å²) in [5.74, 6) is -1.82. The Kier molecular flexibility index (Phi) is 6.10. The lowest BCUT2D eigenvalue weighted by atomic mass is 9.98. The number of anilines is 2. The summed E-state index contributed by atoms with van der Waals surface area (Å²) in [5, 5.41) is 20.4. The number of carbonyl (C=O) groups is 3. The van der Waals surface area contributed by atoms with Gasteiger partial charge in [-0.3, -0.25) is 14.4 Å². The van der Waals surface area contributed by atoms with Crippen LogP contribution in [0.25, 0.3) is 0 Å². The number of carbonyl (C=O) groups excluding carboxylic acids is 3. The Balaban J connectivity index is 1.66. The zero-order chi connectivity index (χ0) is 20.9. The predicted octanol–water partition coefficient (Wildman–Crippen LogP) is 2.29. The van der Waals surface area contributed by atoms with Gasteiger partial charge in [0, 0.05) is 23.2 Å². The minimum atomic E-state index is -1.60. The molecule has 1 atom stereocenters. The molecule has 4 N–H and O–H groups in total. The summed E-state index contributed by atoms with van der Waals surface area (Å²) >= 11 is 1.30. The molecule has 3 rings (SSSR count). The summed E-state index contributed by atoms with van der Waals surface area (Å²) in [6.45, 7) is 1.12. The van der Waals surface area contributed by atoms with Crippen LogP contribution in [0.3, 0.4) is 0 Å². The van der Waals surface area contributed by atoms with Crippen LogP contribution < -0.4 is 16.0 Å². The van der Waals surface area contributed by atoms with Gasteiger partial charge in [-0.2, -0.15) is 0 Å². The summed E-state index contributed by atoms with van der Waals surface area (Å²) in [4.78, 5) is 36.2. The van der Waals surface area contributed by atoms with Crippen LogP contribution in [0.5, 0.6) is 0 Å². The van der Waals surface area contributed by atoms with Crippen LogP contribution >= 0.6 is 11.3 Å². The Bertz CT molecular complexity index is 965. The third-order valence-corrected chi connectivity index (χ3v) is 5.03. The van der Waals surface area contributed by atoms with Crippen molar-refractivity contribution < 1.29 is 23.9 Å². The molecule has 0 spiro atoms. The van der Waals surface area contributed by atoms with E-state index in [2.05, 4.69) is 16.0 Å². The maximum atomic E-state index is 12.3. The largest absolute Gasteiger partial charge is 0.466 e. The zero-order valence-electron chi connectivity index (χ0n) is 15.5. The van der Waals surface area contributed by atoms with E-state index < -0.39 is 17.4 Å². The molecule has 29 heavy (non-hydrogen) atoms. The van der Waals surface area contributed by atoms with Crippen LogP contribution in [-0.2, 0) is 20.0 Å². The average Bonchev–Trinajstić information content (AvgIpc) is 3.39. The third-order valence-electron chi connectivity index (χ3n) is 4.01. The Labute approximate surface area is 170 Å². The second-order valence-corrected chi connectivity index (χ2v) is 7.16. The number of hydrogen-bond donors (Lipinski definition) is 4. The first-order valence-corrected chi connectivity index (χ1v) is 9.53. The summed E-state index contributed by atoms with van der Waals surface area (Å²) < 4.78 is 5.33. The van der Waals surface area contributed by atoms with Crippen molar-refractivity contribution in [1.82, 2.24) is 5.32 Å². The first-order chi connectivity index (χ1) is 13.9. The fourth-order valence-corrected chi connectivity index (χ4v) is 3.51. The molecule has 0 aliphatic heterocycles. The monoisotopic (exact) mass is 413 g/mol. The van der Waals surface area contributed by atoms with Gasteiger partial charge in [0.1, 0.15) is 5.76 Å². The van der Waals surface area contributed by atoms with Gasteiger partial charge in [-0.25, -0.2) is 0 Å². The number of furan rings is 1. The molecular formula is C20H19N3O5S. The molecule has 8 nitrogen and oxygen atoms in total. The van der Waals surface area contributed by atoms with Crippen molar-refractivity contribution >= 4 is 40.4 Å². The molecule has 0 saturated carbocycles. The van der Waals surface area contributed by atoms with Gasteiger partial charge in [-0.15, -0.1) is 11.3 Å². The lowest BCUT2D eigenvalue weighted by Crippen LogP contribution is -2.44. The number of aliphatic hydroxyl groups is 1. The zero-order valence-corrected chi connectivity index (χ0v) is 16.3. The SMILES string of the molecule is CC(=O)Nc1cccc(NC(=O)C(=O)NCC(O)(c2ccco2)c2cccs2)c1. The van der Waals surface area contributed by atoms with Gasteiger partial charge in [0.25, 0.3) is 0 Å². The lowest BCUT2D eigenvalue weighted by Gasteiger charge is -2.25. The second kappa shape index (κ2) is 8.72. The number of thiophene rings is 1. The van der Waals surface area contributed by atoms with Crippen molar-refractivity contribution in [3.05, 3.63) is 70.8 Å². The van der Waals surface area contributed by atoms with Crippen LogP contribution in [0.2, 0.25) is 0 Å².